The van der Waals surface area contributed by atoms with E-state index in [0.717, 1.165) is 24.8 Å². The molecule has 2 heteroatoms. The first kappa shape index (κ1) is 13.0. The van der Waals surface area contributed by atoms with Gasteiger partial charge in [-0.1, -0.05) is 13.8 Å². The maximum atomic E-state index is 9.01. The van der Waals surface area contributed by atoms with Crippen LogP contribution in [-0.4, -0.2) is 24.3 Å². The van der Waals surface area contributed by atoms with Gasteiger partial charge in [0.05, 0.1) is 0 Å². The Morgan fingerprint density at radius 1 is 1.27 bits per heavy atom. The molecule has 90 valence electrons. The minimum atomic E-state index is 0.330. The van der Waals surface area contributed by atoms with E-state index in [-0.39, 0.29) is 0 Å². The summed E-state index contributed by atoms with van der Waals surface area (Å²) in [5.41, 5.74) is 0. The van der Waals surface area contributed by atoms with E-state index in [0.29, 0.717) is 18.6 Å². The lowest BCUT2D eigenvalue weighted by molar-refractivity contribution is 0.235. The minimum Gasteiger partial charge on any atom is -0.396 e. The normalized spacial score (nSPS) is 20.6. The summed E-state index contributed by atoms with van der Waals surface area (Å²) in [6.45, 7) is 8.22. The molecule has 2 nitrogen and oxygen atoms in total. The largest absolute Gasteiger partial charge is 0.396 e. The molecule has 2 N–H and O–H groups in total. The number of aliphatic hydroxyl groups is 1. The number of nitrogens with one attached hydrogen (secondary N) is 1. The Kier molecular flexibility index (Phi) is 5.62. The number of aliphatic hydroxyl groups excluding tert-OH is 1. The smallest absolute Gasteiger partial charge is 0.0434 e. The third-order valence-corrected chi connectivity index (χ3v) is 3.40. The molecule has 0 aromatic heterocycles. The topological polar surface area (TPSA) is 32.3 Å². The third kappa shape index (κ3) is 5.53. The maximum absolute atomic E-state index is 9.01. The molecule has 0 heterocycles. The van der Waals surface area contributed by atoms with Crippen LogP contribution in [0.2, 0.25) is 0 Å². The van der Waals surface area contributed by atoms with Crippen molar-refractivity contribution in [2.75, 3.05) is 13.2 Å². The first-order chi connectivity index (χ1) is 7.13. The Morgan fingerprint density at radius 3 is 2.40 bits per heavy atom. The van der Waals surface area contributed by atoms with E-state index in [2.05, 4.69) is 26.1 Å². The molecule has 1 saturated carbocycles. The van der Waals surface area contributed by atoms with Crippen molar-refractivity contribution in [1.29, 1.82) is 0 Å². The van der Waals surface area contributed by atoms with Crippen LogP contribution in [0.15, 0.2) is 0 Å². The van der Waals surface area contributed by atoms with Crippen LogP contribution in [0.5, 0.6) is 0 Å². The van der Waals surface area contributed by atoms with Crippen molar-refractivity contribution < 1.29 is 5.11 Å². The van der Waals surface area contributed by atoms with Crippen molar-refractivity contribution in [2.24, 2.45) is 17.8 Å². The van der Waals surface area contributed by atoms with Gasteiger partial charge in [0.25, 0.3) is 0 Å². The molecule has 1 aliphatic rings. The van der Waals surface area contributed by atoms with Crippen LogP contribution in [0, 0.1) is 17.8 Å². The Bertz CT molecular complexity index is 166. The standard InChI is InChI=1S/C13H27NO/c1-10(2)8-12(6-7-15)9-14-11(3)13-4-5-13/h10-15H,4-9H2,1-3H3. The van der Waals surface area contributed by atoms with Gasteiger partial charge in [-0.05, 0) is 56.9 Å². The zero-order valence-electron chi connectivity index (χ0n) is 10.5. The molecule has 0 saturated heterocycles. The molecule has 1 aliphatic carbocycles. The second-order valence-electron chi connectivity index (χ2n) is 5.54. The molecule has 0 amide bonds. The fourth-order valence-corrected chi connectivity index (χ4v) is 2.27. The average Bonchev–Trinajstić information content (AvgIpc) is 2.96. The predicted octanol–water partition coefficient (Wildman–Crippen LogP) is 2.42. The minimum absolute atomic E-state index is 0.330. The lowest BCUT2D eigenvalue weighted by atomic mass is 9.94. The van der Waals surface area contributed by atoms with Crippen LogP contribution in [0.1, 0.15) is 46.5 Å². The number of rotatable bonds is 8. The SMILES string of the molecule is CC(C)CC(CCO)CNC(C)C1CC1. The Morgan fingerprint density at radius 2 is 1.93 bits per heavy atom. The van der Waals surface area contributed by atoms with Crippen molar-refractivity contribution in [3.8, 4) is 0 Å². The molecule has 0 radical (unpaired) electrons. The summed E-state index contributed by atoms with van der Waals surface area (Å²) >= 11 is 0. The summed E-state index contributed by atoms with van der Waals surface area (Å²) in [5.74, 6) is 2.31. The van der Waals surface area contributed by atoms with E-state index in [1.54, 1.807) is 0 Å². The van der Waals surface area contributed by atoms with Crippen molar-refractivity contribution in [2.45, 2.75) is 52.5 Å². The highest BCUT2D eigenvalue weighted by Gasteiger charge is 2.27. The average molecular weight is 213 g/mol. The van der Waals surface area contributed by atoms with Crippen LogP contribution < -0.4 is 5.32 Å². The summed E-state index contributed by atoms with van der Waals surface area (Å²) in [4.78, 5) is 0. The van der Waals surface area contributed by atoms with Gasteiger partial charge in [0.1, 0.15) is 0 Å². The molecular formula is C13H27NO. The molecule has 0 bridgehead atoms. The second-order valence-corrected chi connectivity index (χ2v) is 5.54. The van der Waals surface area contributed by atoms with Crippen molar-refractivity contribution in [1.82, 2.24) is 5.32 Å². The first-order valence-electron chi connectivity index (χ1n) is 6.47. The lowest BCUT2D eigenvalue weighted by Gasteiger charge is -2.21. The van der Waals surface area contributed by atoms with Crippen molar-refractivity contribution in [3.05, 3.63) is 0 Å². The molecule has 0 spiro atoms. The fourth-order valence-electron chi connectivity index (χ4n) is 2.27. The highest BCUT2D eigenvalue weighted by molar-refractivity contribution is 4.83. The lowest BCUT2D eigenvalue weighted by Crippen LogP contribution is -2.33. The van der Waals surface area contributed by atoms with Gasteiger partial charge in [0.15, 0.2) is 0 Å². The van der Waals surface area contributed by atoms with Gasteiger partial charge < -0.3 is 10.4 Å². The van der Waals surface area contributed by atoms with Gasteiger partial charge in [-0.25, -0.2) is 0 Å². The summed E-state index contributed by atoms with van der Waals surface area (Å²) < 4.78 is 0. The van der Waals surface area contributed by atoms with Gasteiger partial charge in [-0.3, -0.25) is 0 Å². The van der Waals surface area contributed by atoms with Crippen LogP contribution >= 0.6 is 0 Å². The molecule has 15 heavy (non-hydrogen) atoms. The van der Waals surface area contributed by atoms with Crippen LogP contribution in [0.25, 0.3) is 0 Å². The molecular weight excluding hydrogens is 186 g/mol. The maximum Gasteiger partial charge on any atom is 0.0434 e. The summed E-state index contributed by atoms with van der Waals surface area (Å²) in [6.07, 6.45) is 4.99. The van der Waals surface area contributed by atoms with Gasteiger partial charge >= 0.3 is 0 Å². The zero-order chi connectivity index (χ0) is 11.3. The van der Waals surface area contributed by atoms with Crippen LogP contribution in [-0.2, 0) is 0 Å². The van der Waals surface area contributed by atoms with E-state index in [9.17, 15) is 0 Å². The number of hydrogen-bond acceptors (Lipinski definition) is 2. The Labute approximate surface area is 94.5 Å². The summed E-state index contributed by atoms with van der Waals surface area (Å²) in [6, 6.07) is 0.679. The van der Waals surface area contributed by atoms with Gasteiger partial charge in [0.2, 0.25) is 0 Å². The molecule has 0 aliphatic heterocycles. The number of hydrogen-bond donors (Lipinski definition) is 2. The fraction of sp³-hybridized carbons (Fsp3) is 1.00. The second kappa shape index (κ2) is 6.49. The molecule has 0 aromatic carbocycles. The Balaban J connectivity index is 2.17. The quantitative estimate of drug-likeness (QED) is 0.649. The molecule has 0 aromatic rings. The van der Waals surface area contributed by atoms with E-state index in [4.69, 9.17) is 5.11 Å². The molecule has 1 rings (SSSR count). The molecule has 2 unspecified atom stereocenters. The monoisotopic (exact) mass is 213 g/mol. The first-order valence-corrected chi connectivity index (χ1v) is 6.47. The van der Waals surface area contributed by atoms with Gasteiger partial charge in [-0.15, -0.1) is 0 Å². The zero-order valence-corrected chi connectivity index (χ0v) is 10.5. The van der Waals surface area contributed by atoms with Gasteiger partial charge in [0, 0.05) is 12.6 Å². The van der Waals surface area contributed by atoms with E-state index in [1.165, 1.54) is 19.3 Å². The van der Waals surface area contributed by atoms with Crippen molar-refractivity contribution >= 4 is 0 Å². The molecule has 2 atom stereocenters. The molecule has 1 fully saturated rings. The van der Waals surface area contributed by atoms with E-state index >= 15 is 0 Å². The Hall–Kier alpha value is -0.0800. The van der Waals surface area contributed by atoms with E-state index in [1.807, 2.05) is 0 Å². The summed E-state index contributed by atoms with van der Waals surface area (Å²) in [7, 11) is 0. The third-order valence-electron chi connectivity index (χ3n) is 3.40. The predicted molar refractivity (Wildman–Crippen MR) is 64.8 cm³/mol. The van der Waals surface area contributed by atoms with E-state index < -0.39 is 0 Å². The summed E-state index contributed by atoms with van der Waals surface area (Å²) in [5, 5.41) is 12.6. The highest BCUT2D eigenvalue weighted by Crippen LogP contribution is 2.32. The van der Waals surface area contributed by atoms with Crippen LogP contribution in [0.4, 0.5) is 0 Å². The van der Waals surface area contributed by atoms with Crippen LogP contribution in [0.3, 0.4) is 0 Å². The highest BCUT2D eigenvalue weighted by atomic mass is 16.3. The van der Waals surface area contributed by atoms with Crippen molar-refractivity contribution in [3.63, 3.8) is 0 Å². The van der Waals surface area contributed by atoms with Gasteiger partial charge in [-0.2, -0.15) is 0 Å².